The fraction of sp³-hybridized carbons (Fsp3) is 0.526. The van der Waals surface area contributed by atoms with Crippen molar-refractivity contribution < 1.29 is 0 Å². The zero-order chi connectivity index (χ0) is 16.8. The highest BCUT2D eigenvalue weighted by Gasteiger charge is 2.12. The monoisotopic (exact) mass is 387 g/mol. The van der Waals surface area contributed by atoms with Crippen LogP contribution in [0.1, 0.15) is 40.5 Å². The van der Waals surface area contributed by atoms with Gasteiger partial charge >= 0.3 is 0 Å². The van der Waals surface area contributed by atoms with Gasteiger partial charge in [0.25, 0.3) is 5.56 Å². The summed E-state index contributed by atoms with van der Waals surface area (Å²) in [6.45, 7) is 10.9. The van der Waals surface area contributed by atoms with Crippen LogP contribution in [0.2, 0.25) is 0 Å². The first-order chi connectivity index (χ1) is 11.0. The smallest absolute Gasteiger partial charge is 0.271 e. The van der Waals surface area contributed by atoms with E-state index in [0.29, 0.717) is 12.1 Å². The van der Waals surface area contributed by atoms with Crippen LogP contribution in [0.4, 0.5) is 0 Å². The molecule has 0 aliphatic carbocycles. The van der Waals surface area contributed by atoms with Crippen molar-refractivity contribution in [2.45, 2.75) is 59.2 Å². The number of unbranched alkanes of at least 4 members (excludes halogenated alkanes) is 1. The number of aryl methyl sites for hydroxylation is 1. The molecule has 2 rings (SSSR count). The summed E-state index contributed by atoms with van der Waals surface area (Å²) in [5, 5.41) is 2.92. The van der Waals surface area contributed by atoms with Crippen molar-refractivity contribution in [2.75, 3.05) is 6.54 Å². The Labute approximate surface area is 163 Å². The van der Waals surface area contributed by atoms with Crippen LogP contribution in [0.15, 0.2) is 41.3 Å². The van der Waals surface area contributed by atoms with Gasteiger partial charge in [0, 0.05) is 24.8 Å². The zero-order valence-corrected chi connectivity index (χ0v) is 17.2. The van der Waals surface area contributed by atoms with E-state index < -0.39 is 0 Å². The lowest BCUT2D eigenvalue weighted by Crippen LogP contribution is -2.37. The third kappa shape index (κ3) is 6.89. The van der Waals surface area contributed by atoms with Crippen LogP contribution in [0.25, 0.3) is 11.1 Å². The molecule has 1 aromatic carbocycles. The van der Waals surface area contributed by atoms with Crippen LogP contribution in [0, 0.1) is 0 Å². The van der Waals surface area contributed by atoms with Crippen LogP contribution in [0.3, 0.4) is 0 Å². The van der Waals surface area contributed by atoms with E-state index >= 15 is 0 Å². The maximum absolute atomic E-state index is 12.1. The summed E-state index contributed by atoms with van der Waals surface area (Å²) in [5.74, 6) is 0. The maximum atomic E-state index is 12.1. The molecule has 0 bridgehead atoms. The summed E-state index contributed by atoms with van der Waals surface area (Å²) < 4.78 is 1.92. The van der Waals surface area contributed by atoms with Gasteiger partial charge in [0.2, 0.25) is 0 Å². The first-order valence-electron chi connectivity index (χ1n) is 8.59. The van der Waals surface area contributed by atoms with Gasteiger partial charge in [0.1, 0.15) is 0 Å². The zero-order valence-electron chi connectivity index (χ0n) is 15.6. The average Bonchev–Trinajstić information content (AvgIpc) is 2.88. The van der Waals surface area contributed by atoms with E-state index in [9.17, 15) is 4.79 Å². The number of aromatic nitrogens is 2. The molecule has 0 unspecified atom stereocenters. The molecule has 0 amide bonds. The van der Waals surface area contributed by atoms with Crippen molar-refractivity contribution in [3.63, 3.8) is 0 Å². The Kier molecular flexibility index (Phi) is 10.8. The van der Waals surface area contributed by atoms with E-state index in [1.807, 2.05) is 41.2 Å². The van der Waals surface area contributed by atoms with E-state index in [4.69, 9.17) is 0 Å². The van der Waals surface area contributed by atoms with Crippen molar-refractivity contribution in [2.24, 2.45) is 0 Å². The summed E-state index contributed by atoms with van der Waals surface area (Å²) in [6.07, 6.45) is 4.13. The topological polar surface area (TPSA) is 41.0 Å². The Bertz CT molecular complexity index is 642. The minimum absolute atomic E-state index is 0. The summed E-state index contributed by atoms with van der Waals surface area (Å²) in [5.41, 5.74) is 1.71. The molecule has 2 aromatic rings. The summed E-state index contributed by atoms with van der Waals surface area (Å²) in [4.78, 5) is 14.6. The second kappa shape index (κ2) is 11.4. The quantitative estimate of drug-likeness (QED) is 0.673. The molecule has 1 heterocycles. The standard InChI is InChI=1S/C19H29N3O.2ClH/c1-15(2)22(16(3)4)13-9-8-12-21-14-18(19(23)20-21)17-10-6-5-7-11-17;;/h5-7,10-11,14-16H,8-9,12-13H2,1-4H3,(H,20,23);2*1H. The molecule has 1 aromatic heterocycles. The number of hydrogen-bond donors (Lipinski definition) is 1. The second-order valence-electron chi connectivity index (χ2n) is 6.68. The molecule has 0 radical (unpaired) electrons. The first-order valence-corrected chi connectivity index (χ1v) is 8.59. The molecule has 1 N–H and O–H groups in total. The number of halogens is 2. The van der Waals surface area contributed by atoms with E-state index in [0.717, 1.165) is 37.1 Å². The summed E-state index contributed by atoms with van der Waals surface area (Å²) >= 11 is 0. The molecular formula is C19H31Cl2N3O. The molecule has 0 saturated carbocycles. The lowest BCUT2D eigenvalue weighted by molar-refractivity contribution is 0.170. The summed E-state index contributed by atoms with van der Waals surface area (Å²) in [6, 6.07) is 11.0. The third-order valence-corrected chi connectivity index (χ3v) is 4.25. The van der Waals surface area contributed by atoms with Crippen molar-refractivity contribution in [3.8, 4) is 11.1 Å². The number of nitrogens with zero attached hydrogens (tertiary/aromatic N) is 2. The predicted octanol–water partition coefficient (Wildman–Crippen LogP) is 4.59. The van der Waals surface area contributed by atoms with Gasteiger partial charge in [-0.1, -0.05) is 30.3 Å². The molecule has 25 heavy (non-hydrogen) atoms. The minimum atomic E-state index is -0.0119. The average molecular weight is 388 g/mol. The van der Waals surface area contributed by atoms with E-state index in [1.54, 1.807) is 0 Å². The van der Waals surface area contributed by atoms with E-state index in [2.05, 4.69) is 37.7 Å². The van der Waals surface area contributed by atoms with Crippen LogP contribution >= 0.6 is 24.8 Å². The minimum Gasteiger partial charge on any atom is -0.299 e. The lowest BCUT2D eigenvalue weighted by atomic mass is 10.1. The molecule has 4 nitrogen and oxygen atoms in total. The summed E-state index contributed by atoms with van der Waals surface area (Å²) in [7, 11) is 0. The number of aromatic amines is 1. The third-order valence-electron chi connectivity index (χ3n) is 4.25. The fourth-order valence-electron chi connectivity index (χ4n) is 3.07. The van der Waals surface area contributed by atoms with E-state index in [-0.39, 0.29) is 30.4 Å². The molecular weight excluding hydrogens is 357 g/mol. The Morgan fingerprint density at radius 2 is 1.60 bits per heavy atom. The highest BCUT2D eigenvalue weighted by molar-refractivity contribution is 5.85. The lowest BCUT2D eigenvalue weighted by Gasteiger charge is -2.30. The molecule has 0 spiro atoms. The maximum Gasteiger partial charge on any atom is 0.271 e. The molecule has 6 heteroatoms. The number of hydrogen-bond acceptors (Lipinski definition) is 2. The Hall–Kier alpha value is -1.23. The first kappa shape index (κ1) is 23.8. The fourth-order valence-corrected chi connectivity index (χ4v) is 3.07. The highest BCUT2D eigenvalue weighted by atomic mass is 35.5. The van der Waals surface area contributed by atoms with Crippen molar-refractivity contribution >= 4 is 24.8 Å². The van der Waals surface area contributed by atoms with Gasteiger partial charge in [-0.25, -0.2) is 0 Å². The van der Waals surface area contributed by atoms with Gasteiger partial charge in [-0.2, -0.15) is 0 Å². The molecule has 0 saturated heterocycles. The van der Waals surface area contributed by atoms with Gasteiger partial charge in [-0.05, 0) is 52.6 Å². The Balaban J connectivity index is 0.00000288. The van der Waals surface area contributed by atoms with Gasteiger partial charge in [0.05, 0.1) is 5.56 Å². The van der Waals surface area contributed by atoms with Gasteiger partial charge in [0.15, 0.2) is 0 Å². The second-order valence-corrected chi connectivity index (χ2v) is 6.68. The largest absolute Gasteiger partial charge is 0.299 e. The van der Waals surface area contributed by atoms with Crippen LogP contribution in [0.5, 0.6) is 0 Å². The normalized spacial score (nSPS) is 10.8. The van der Waals surface area contributed by atoms with Crippen molar-refractivity contribution in [1.29, 1.82) is 0 Å². The van der Waals surface area contributed by atoms with E-state index in [1.165, 1.54) is 0 Å². The number of H-pyrrole nitrogens is 1. The number of nitrogens with one attached hydrogen (secondary N) is 1. The van der Waals surface area contributed by atoms with Gasteiger partial charge in [-0.3, -0.25) is 19.5 Å². The van der Waals surface area contributed by atoms with Crippen LogP contribution in [-0.2, 0) is 6.54 Å². The number of benzene rings is 1. The Morgan fingerprint density at radius 1 is 1.00 bits per heavy atom. The molecule has 0 atom stereocenters. The Morgan fingerprint density at radius 3 is 2.16 bits per heavy atom. The molecule has 0 fully saturated rings. The highest BCUT2D eigenvalue weighted by Crippen LogP contribution is 2.14. The number of rotatable bonds is 8. The van der Waals surface area contributed by atoms with Crippen LogP contribution < -0.4 is 5.56 Å². The van der Waals surface area contributed by atoms with Crippen molar-refractivity contribution in [1.82, 2.24) is 14.7 Å². The van der Waals surface area contributed by atoms with Crippen LogP contribution in [-0.4, -0.2) is 33.3 Å². The molecule has 142 valence electrons. The van der Waals surface area contributed by atoms with Gasteiger partial charge < -0.3 is 0 Å². The predicted molar refractivity (Wildman–Crippen MR) is 111 cm³/mol. The van der Waals surface area contributed by atoms with Gasteiger partial charge in [-0.15, -0.1) is 24.8 Å². The molecule has 0 aliphatic heterocycles. The molecule has 0 aliphatic rings. The van der Waals surface area contributed by atoms with Crippen molar-refractivity contribution in [3.05, 3.63) is 46.9 Å². The SMILES string of the molecule is CC(C)N(CCCCn1cc(-c2ccccc2)c(=O)[nH]1)C(C)C.Cl.Cl.